The molecule has 0 aliphatic heterocycles. The maximum atomic E-state index is 12.2. The summed E-state index contributed by atoms with van der Waals surface area (Å²) in [7, 11) is 1.61. The van der Waals surface area contributed by atoms with Gasteiger partial charge in [0.2, 0.25) is 5.91 Å². The Labute approximate surface area is 120 Å². The maximum Gasteiger partial charge on any atom is 0.226 e. The summed E-state index contributed by atoms with van der Waals surface area (Å²) in [4.78, 5) is 12.2. The van der Waals surface area contributed by atoms with Gasteiger partial charge in [-0.3, -0.25) is 4.79 Å². The number of aryl methyl sites for hydroxylation is 1. The van der Waals surface area contributed by atoms with Gasteiger partial charge in [-0.25, -0.2) is 0 Å². The zero-order chi connectivity index (χ0) is 14.6. The maximum absolute atomic E-state index is 12.2. The first kappa shape index (κ1) is 14.9. The molecule has 4 heteroatoms. The fourth-order valence-corrected chi connectivity index (χ4v) is 2.85. The minimum absolute atomic E-state index is 0.0310. The van der Waals surface area contributed by atoms with E-state index >= 15 is 0 Å². The van der Waals surface area contributed by atoms with Crippen LogP contribution in [-0.2, 0) is 4.79 Å². The number of amides is 1. The van der Waals surface area contributed by atoms with E-state index in [1.165, 1.54) is 6.42 Å². The first-order valence-electron chi connectivity index (χ1n) is 7.26. The molecule has 1 saturated carbocycles. The highest BCUT2D eigenvalue weighted by Gasteiger charge is 2.30. The summed E-state index contributed by atoms with van der Waals surface area (Å²) >= 11 is 0. The smallest absolute Gasteiger partial charge is 0.226 e. The lowest BCUT2D eigenvalue weighted by Crippen LogP contribution is -2.44. The van der Waals surface area contributed by atoms with Crippen LogP contribution >= 0.6 is 0 Å². The van der Waals surface area contributed by atoms with Crippen LogP contribution in [0.5, 0.6) is 5.75 Å². The van der Waals surface area contributed by atoms with Crippen molar-refractivity contribution in [2.45, 2.75) is 51.0 Å². The predicted molar refractivity (Wildman–Crippen MR) is 81.0 cm³/mol. The molecule has 0 aromatic heterocycles. The summed E-state index contributed by atoms with van der Waals surface area (Å²) in [5.74, 6) is 0.657. The summed E-state index contributed by atoms with van der Waals surface area (Å²) < 4.78 is 5.30. The molecule has 0 unspecified atom stereocenters. The topological polar surface area (TPSA) is 64.3 Å². The number of benzene rings is 1. The quantitative estimate of drug-likeness (QED) is 0.888. The summed E-state index contributed by atoms with van der Waals surface area (Å²) in [5, 5.41) is 2.92. The molecule has 0 spiro atoms. The number of hydrogen-bond acceptors (Lipinski definition) is 3. The lowest BCUT2D eigenvalue weighted by Gasteiger charge is -2.32. The van der Waals surface area contributed by atoms with E-state index < -0.39 is 0 Å². The number of nitrogens with one attached hydrogen (secondary N) is 1. The van der Waals surface area contributed by atoms with E-state index in [-0.39, 0.29) is 11.4 Å². The summed E-state index contributed by atoms with van der Waals surface area (Å²) in [6, 6.07) is 5.74. The first-order chi connectivity index (χ1) is 9.52. The number of ether oxygens (including phenoxy) is 1. The van der Waals surface area contributed by atoms with E-state index in [1.807, 2.05) is 25.1 Å². The number of methoxy groups -OCH3 is 1. The third-order valence-corrected chi connectivity index (χ3v) is 3.99. The van der Waals surface area contributed by atoms with Crippen LogP contribution in [0.25, 0.3) is 0 Å². The molecule has 1 amide bonds. The number of carbonyl (C=O) groups is 1. The molecular weight excluding hydrogens is 252 g/mol. The lowest BCUT2D eigenvalue weighted by molar-refractivity contribution is -0.117. The van der Waals surface area contributed by atoms with E-state index in [9.17, 15) is 4.79 Å². The molecule has 0 saturated heterocycles. The number of hydrogen-bond donors (Lipinski definition) is 2. The third kappa shape index (κ3) is 3.73. The van der Waals surface area contributed by atoms with Crippen LogP contribution in [0.4, 0.5) is 5.69 Å². The Bertz CT molecular complexity index is 479. The Morgan fingerprint density at radius 3 is 2.70 bits per heavy atom. The molecule has 20 heavy (non-hydrogen) atoms. The van der Waals surface area contributed by atoms with Gasteiger partial charge in [-0.05, 0) is 37.5 Å². The average Bonchev–Trinajstić information content (AvgIpc) is 2.41. The zero-order valence-corrected chi connectivity index (χ0v) is 12.4. The fourth-order valence-electron chi connectivity index (χ4n) is 2.85. The average molecular weight is 276 g/mol. The summed E-state index contributed by atoms with van der Waals surface area (Å²) in [6.45, 7) is 1.99. The second-order valence-corrected chi connectivity index (χ2v) is 5.85. The summed E-state index contributed by atoms with van der Waals surface area (Å²) in [5.41, 5.74) is 7.79. The predicted octanol–water partition coefficient (Wildman–Crippen LogP) is 2.99. The number of carbonyl (C=O) groups excluding carboxylic acids is 1. The minimum atomic E-state index is -0.333. The molecule has 4 nitrogen and oxygen atoms in total. The molecule has 1 aliphatic rings. The molecule has 0 radical (unpaired) electrons. The van der Waals surface area contributed by atoms with E-state index in [4.69, 9.17) is 10.5 Å². The molecule has 1 aliphatic carbocycles. The largest absolute Gasteiger partial charge is 0.495 e. The van der Waals surface area contributed by atoms with Gasteiger partial charge in [0.25, 0.3) is 0 Å². The second kappa shape index (κ2) is 6.27. The van der Waals surface area contributed by atoms with Crippen LogP contribution in [0, 0.1) is 6.92 Å². The molecular formula is C16H24N2O2. The molecule has 3 N–H and O–H groups in total. The second-order valence-electron chi connectivity index (χ2n) is 5.85. The number of rotatable bonds is 4. The zero-order valence-electron chi connectivity index (χ0n) is 12.4. The molecule has 1 aromatic rings. The van der Waals surface area contributed by atoms with Crippen molar-refractivity contribution in [3.05, 3.63) is 23.8 Å². The molecule has 1 fully saturated rings. The molecule has 0 bridgehead atoms. The standard InChI is InChI=1S/C16H24N2O2/c1-12-6-7-13(14(10-12)20-2)18-15(19)11-16(17)8-4-3-5-9-16/h6-7,10H,3-5,8-9,11,17H2,1-2H3,(H,18,19). The normalized spacial score (nSPS) is 17.6. The highest BCUT2D eigenvalue weighted by atomic mass is 16.5. The fraction of sp³-hybridized carbons (Fsp3) is 0.562. The Morgan fingerprint density at radius 1 is 1.35 bits per heavy atom. The van der Waals surface area contributed by atoms with Crippen LogP contribution in [0.3, 0.4) is 0 Å². The SMILES string of the molecule is COc1cc(C)ccc1NC(=O)CC1(N)CCCCC1. The van der Waals surface area contributed by atoms with E-state index in [2.05, 4.69) is 5.32 Å². The first-order valence-corrected chi connectivity index (χ1v) is 7.26. The minimum Gasteiger partial charge on any atom is -0.495 e. The van der Waals surface area contributed by atoms with Crippen molar-refractivity contribution in [1.82, 2.24) is 0 Å². The van der Waals surface area contributed by atoms with Crippen LogP contribution in [0.1, 0.15) is 44.1 Å². The Morgan fingerprint density at radius 2 is 2.05 bits per heavy atom. The van der Waals surface area contributed by atoms with Crippen molar-refractivity contribution in [2.24, 2.45) is 5.73 Å². The van der Waals surface area contributed by atoms with Crippen LogP contribution in [-0.4, -0.2) is 18.6 Å². The number of nitrogens with two attached hydrogens (primary N) is 1. The van der Waals surface area contributed by atoms with Gasteiger partial charge < -0.3 is 15.8 Å². The van der Waals surface area contributed by atoms with Crippen molar-refractivity contribution in [3.63, 3.8) is 0 Å². The molecule has 110 valence electrons. The van der Waals surface area contributed by atoms with Crippen molar-refractivity contribution >= 4 is 11.6 Å². The summed E-state index contributed by atoms with van der Waals surface area (Å²) in [6.07, 6.45) is 5.72. The molecule has 2 rings (SSSR count). The monoisotopic (exact) mass is 276 g/mol. The van der Waals surface area contributed by atoms with Gasteiger partial charge >= 0.3 is 0 Å². The Balaban J connectivity index is 2.01. The Hall–Kier alpha value is -1.55. The molecule has 1 aromatic carbocycles. The third-order valence-electron chi connectivity index (χ3n) is 3.99. The van der Waals surface area contributed by atoms with Gasteiger partial charge in [0.05, 0.1) is 12.8 Å². The van der Waals surface area contributed by atoms with Gasteiger partial charge in [-0.1, -0.05) is 25.3 Å². The van der Waals surface area contributed by atoms with Crippen molar-refractivity contribution in [3.8, 4) is 5.75 Å². The van der Waals surface area contributed by atoms with Gasteiger partial charge in [0.1, 0.15) is 5.75 Å². The van der Waals surface area contributed by atoms with Gasteiger partial charge in [-0.2, -0.15) is 0 Å². The highest BCUT2D eigenvalue weighted by molar-refractivity contribution is 5.93. The van der Waals surface area contributed by atoms with Crippen molar-refractivity contribution < 1.29 is 9.53 Å². The van der Waals surface area contributed by atoms with Gasteiger partial charge in [-0.15, -0.1) is 0 Å². The van der Waals surface area contributed by atoms with Crippen molar-refractivity contribution in [1.29, 1.82) is 0 Å². The van der Waals surface area contributed by atoms with Crippen molar-refractivity contribution in [2.75, 3.05) is 12.4 Å². The highest BCUT2D eigenvalue weighted by Crippen LogP contribution is 2.30. The van der Waals surface area contributed by atoms with Gasteiger partial charge in [0.15, 0.2) is 0 Å². The van der Waals surface area contributed by atoms with E-state index in [0.717, 1.165) is 31.2 Å². The van der Waals surface area contributed by atoms with E-state index in [0.29, 0.717) is 17.9 Å². The number of anilines is 1. The van der Waals surface area contributed by atoms with Gasteiger partial charge in [0, 0.05) is 12.0 Å². The Kier molecular flexibility index (Phi) is 4.65. The van der Waals surface area contributed by atoms with E-state index in [1.54, 1.807) is 7.11 Å². The molecule has 0 heterocycles. The lowest BCUT2D eigenvalue weighted by atomic mass is 9.80. The van der Waals surface area contributed by atoms with Crippen LogP contribution in [0.15, 0.2) is 18.2 Å². The van der Waals surface area contributed by atoms with Crippen LogP contribution in [0.2, 0.25) is 0 Å². The molecule has 0 atom stereocenters. The van der Waals surface area contributed by atoms with Crippen LogP contribution < -0.4 is 15.8 Å².